The molecule has 0 heterocycles. The van der Waals surface area contributed by atoms with Crippen molar-refractivity contribution >= 4 is 7.32 Å². The van der Waals surface area contributed by atoms with E-state index in [4.69, 9.17) is 14.0 Å². The maximum atomic E-state index is 6.11. The van der Waals surface area contributed by atoms with Gasteiger partial charge >= 0.3 is 7.32 Å². The standard InChI is InChI=1S/C20H39BO3/c1-3-5-18-22-21(23-19-6-4-2)24-20-16-14-12-10-8-7-9-11-13-15-17-20/h16H,3-15,17-19H2,1-2H3. The third-order valence-corrected chi connectivity index (χ3v) is 4.50. The molecule has 1 aliphatic rings. The van der Waals surface area contributed by atoms with Crippen LogP contribution in [0.4, 0.5) is 0 Å². The van der Waals surface area contributed by atoms with Gasteiger partial charge in [-0.25, -0.2) is 0 Å². The molecule has 0 unspecified atom stereocenters. The van der Waals surface area contributed by atoms with E-state index in [9.17, 15) is 0 Å². The molecular weight excluding hydrogens is 299 g/mol. The van der Waals surface area contributed by atoms with Crippen molar-refractivity contribution in [2.75, 3.05) is 13.2 Å². The highest BCUT2D eigenvalue weighted by atomic mass is 16.7. The quantitative estimate of drug-likeness (QED) is 0.340. The van der Waals surface area contributed by atoms with Gasteiger partial charge in [0.1, 0.15) is 0 Å². The minimum absolute atomic E-state index is 0.526. The number of hydrogen-bond acceptors (Lipinski definition) is 3. The van der Waals surface area contributed by atoms with Gasteiger partial charge in [-0.1, -0.05) is 65.2 Å². The van der Waals surface area contributed by atoms with E-state index < -0.39 is 7.32 Å². The van der Waals surface area contributed by atoms with Crippen molar-refractivity contribution in [3.05, 3.63) is 11.8 Å². The molecule has 0 aromatic rings. The highest BCUT2D eigenvalue weighted by Gasteiger charge is 2.24. The summed E-state index contributed by atoms with van der Waals surface area (Å²) in [6.45, 7) is 5.76. The van der Waals surface area contributed by atoms with Gasteiger partial charge in [-0.15, -0.1) is 0 Å². The summed E-state index contributed by atoms with van der Waals surface area (Å²) in [6.07, 6.45) is 19.4. The van der Waals surface area contributed by atoms with Crippen LogP contribution >= 0.6 is 0 Å². The number of allylic oxidation sites excluding steroid dienone is 2. The molecule has 0 saturated carbocycles. The minimum atomic E-state index is -0.526. The van der Waals surface area contributed by atoms with E-state index in [2.05, 4.69) is 19.9 Å². The molecule has 0 atom stereocenters. The van der Waals surface area contributed by atoms with Crippen LogP contribution < -0.4 is 0 Å². The van der Waals surface area contributed by atoms with Crippen molar-refractivity contribution in [3.8, 4) is 0 Å². The summed E-state index contributed by atoms with van der Waals surface area (Å²) in [6, 6.07) is 0. The van der Waals surface area contributed by atoms with Gasteiger partial charge in [0, 0.05) is 19.6 Å². The van der Waals surface area contributed by atoms with Gasteiger partial charge in [-0.2, -0.15) is 0 Å². The van der Waals surface area contributed by atoms with Crippen LogP contribution in [0.3, 0.4) is 0 Å². The molecule has 24 heavy (non-hydrogen) atoms. The predicted octanol–water partition coefficient (Wildman–Crippen LogP) is 6.42. The zero-order valence-corrected chi connectivity index (χ0v) is 16.2. The SMILES string of the molecule is CCCCOB(OCCCC)OC1=CCCCCCCCCCC1. The fourth-order valence-electron chi connectivity index (χ4n) is 2.86. The lowest BCUT2D eigenvalue weighted by molar-refractivity contribution is 0.111. The molecular formula is C20H39BO3. The Balaban J connectivity index is 2.48. The van der Waals surface area contributed by atoms with Crippen LogP contribution in [0.15, 0.2) is 11.8 Å². The zero-order chi connectivity index (χ0) is 17.3. The summed E-state index contributed by atoms with van der Waals surface area (Å²) in [4.78, 5) is 0. The maximum Gasteiger partial charge on any atom is 0.712 e. The summed E-state index contributed by atoms with van der Waals surface area (Å²) < 4.78 is 17.7. The lowest BCUT2D eigenvalue weighted by Gasteiger charge is -2.18. The Hall–Kier alpha value is -0.475. The molecule has 0 fully saturated rings. The number of hydrogen-bond donors (Lipinski definition) is 0. The molecule has 0 radical (unpaired) electrons. The molecule has 0 aromatic carbocycles. The predicted molar refractivity (Wildman–Crippen MR) is 103 cm³/mol. The fourth-order valence-corrected chi connectivity index (χ4v) is 2.86. The minimum Gasteiger partial charge on any atom is -0.516 e. The molecule has 0 spiro atoms. The van der Waals surface area contributed by atoms with Gasteiger partial charge in [0.05, 0.1) is 5.76 Å². The van der Waals surface area contributed by atoms with E-state index in [0.29, 0.717) is 13.2 Å². The molecule has 1 aliphatic carbocycles. The van der Waals surface area contributed by atoms with Gasteiger partial charge in [0.15, 0.2) is 0 Å². The smallest absolute Gasteiger partial charge is 0.516 e. The third kappa shape index (κ3) is 12.0. The van der Waals surface area contributed by atoms with E-state index >= 15 is 0 Å². The molecule has 0 aliphatic heterocycles. The van der Waals surface area contributed by atoms with Crippen molar-refractivity contribution in [1.82, 2.24) is 0 Å². The first-order valence-electron chi connectivity index (χ1n) is 10.5. The zero-order valence-electron chi connectivity index (χ0n) is 16.2. The first-order valence-corrected chi connectivity index (χ1v) is 10.5. The van der Waals surface area contributed by atoms with Crippen LogP contribution in [-0.4, -0.2) is 20.5 Å². The van der Waals surface area contributed by atoms with Gasteiger partial charge < -0.3 is 14.0 Å². The van der Waals surface area contributed by atoms with Crippen LogP contribution in [0.1, 0.15) is 104 Å². The lowest BCUT2D eigenvalue weighted by Crippen LogP contribution is -2.28. The molecule has 0 aromatic heterocycles. The molecule has 140 valence electrons. The van der Waals surface area contributed by atoms with E-state index in [0.717, 1.165) is 44.3 Å². The Labute approximate surface area is 150 Å². The molecule has 4 heteroatoms. The molecule has 0 saturated heterocycles. The summed E-state index contributed by atoms with van der Waals surface area (Å²) in [5.41, 5.74) is 0. The van der Waals surface area contributed by atoms with E-state index in [-0.39, 0.29) is 0 Å². The van der Waals surface area contributed by atoms with Crippen molar-refractivity contribution < 1.29 is 14.0 Å². The van der Waals surface area contributed by atoms with Crippen LogP contribution in [0.2, 0.25) is 0 Å². The van der Waals surface area contributed by atoms with Crippen LogP contribution in [0.5, 0.6) is 0 Å². The van der Waals surface area contributed by atoms with Crippen molar-refractivity contribution in [3.63, 3.8) is 0 Å². The second-order valence-electron chi connectivity index (χ2n) is 6.89. The first kappa shape index (κ1) is 21.6. The average Bonchev–Trinajstić information content (AvgIpc) is 2.57. The molecule has 0 bridgehead atoms. The van der Waals surface area contributed by atoms with Crippen molar-refractivity contribution in [1.29, 1.82) is 0 Å². The monoisotopic (exact) mass is 338 g/mol. The largest absolute Gasteiger partial charge is 0.712 e. The van der Waals surface area contributed by atoms with E-state index in [1.165, 1.54) is 51.4 Å². The second-order valence-corrected chi connectivity index (χ2v) is 6.89. The highest BCUT2D eigenvalue weighted by molar-refractivity contribution is 6.36. The first-order chi connectivity index (χ1) is 11.9. The summed E-state index contributed by atoms with van der Waals surface area (Å²) >= 11 is 0. The lowest BCUT2D eigenvalue weighted by atomic mass is 10.0. The van der Waals surface area contributed by atoms with E-state index in [1.807, 2.05) is 0 Å². The van der Waals surface area contributed by atoms with Crippen LogP contribution in [0.25, 0.3) is 0 Å². The fraction of sp³-hybridized carbons (Fsp3) is 0.900. The Kier molecular flexibility index (Phi) is 14.4. The van der Waals surface area contributed by atoms with Crippen LogP contribution in [0, 0.1) is 0 Å². The van der Waals surface area contributed by atoms with Crippen molar-refractivity contribution in [2.45, 2.75) is 104 Å². The van der Waals surface area contributed by atoms with Gasteiger partial charge in [-0.3, -0.25) is 0 Å². The Bertz CT molecular complexity index is 297. The third-order valence-electron chi connectivity index (χ3n) is 4.50. The maximum absolute atomic E-state index is 6.11. The summed E-state index contributed by atoms with van der Waals surface area (Å²) in [5, 5.41) is 0. The molecule has 0 amide bonds. The number of unbranched alkanes of at least 4 members (excludes halogenated alkanes) is 2. The van der Waals surface area contributed by atoms with E-state index in [1.54, 1.807) is 0 Å². The molecule has 0 N–H and O–H groups in total. The normalized spacial score (nSPS) is 17.5. The summed E-state index contributed by atoms with van der Waals surface area (Å²) in [5.74, 6) is 1.08. The Morgan fingerprint density at radius 2 is 1.33 bits per heavy atom. The Morgan fingerprint density at radius 1 is 0.792 bits per heavy atom. The van der Waals surface area contributed by atoms with Crippen molar-refractivity contribution in [2.24, 2.45) is 0 Å². The second kappa shape index (κ2) is 16.0. The molecule has 1 rings (SSSR count). The number of rotatable bonds is 10. The van der Waals surface area contributed by atoms with Gasteiger partial charge in [0.25, 0.3) is 0 Å². The Morgan fingerprint density at radius 3 is 1.92 bits per heavy atom. The molecule has 3 nitrogen and oxygen atoms in total. The van der Waals surface area contributed by atoms with Gasteiger partial charge in [-0.05, 0) is 38.2 Å². The topological polar surface area (TPSA) is 27.7 Å². The van der Waals surface area contributed by atoms with Crippen LogP contribution in [-0.2, 0) is 14.0 Å². The van der Waals surface area contributed by atoms with Gasteiger partial charge in [0.2, 0.25) is 0 Å². The summed E-state index contributed by atoms with van der Waals surface area (Å²) in [7, 11) is -0.526. The average molecular weight is 338 g/mol. The highest BCUT2D eigenvalue weighted by Crippen LogP contribution is 2.18.